The van der Waals surface area contributed by atoms with Gasteiger partial charge >= 0.3 is 0 Å². The zero-order chi connectivity index (χ0) is 19.8. The lowest BCUT2D eigenvalue weighted by Crippen LogP contribution is -2.38. The second kappa shape index (κ2) is 9.75. The minimum absolute atomic E-state index is 0.0233. The van der Waals surface area contributed by atoms with E-state index in [2.05, 4.69) is 31.2 Å². The van der Waals surface area contributed by atoms with Gasteiger partial charge in [0, 0.05) is 6.54 Å². The Balaban J connectivity index is 1.80. The summed E-state index contributed by atoms with van der Waals surface area (Å²) in [6.45, 7) is 4.75. The number of carbonyl (C=O) groups is 1. The van der Waals surface area contributed by atoms with Gasteiger partial charge in [0.05, 0.1) is 6.04 Å². The Morgan fingerprint density at radius 2 is 1.36 bits per heavy atom. The summed E-state index contributed by atoms with van der Waals surface area (Å²) >= 11 is 0. The first kappa shape index (κ1) is 19.7. The number of ether oxygens (including phenoxy) is 1. The number of nitrogens with zero attached hydrogens (tertiary/aromatic N) is 1. The predicted octanol–water partition coefficient (Wildman–Crippen LogP) is 5.27. The molecule has 0 unspecified atom stereocenters. The first-order valence-corrected chi connectivity index (χ1v) is 9.84. The predicted molar refractivity (Wildman–Crippen MR) is 113 cm³/mol. The van der Waals surface area contributed by atoms with Crippen LogP contribution in [0.3, 0.4) is 0 Å². The van der Waals surface area contributed by atoms with Crippen LogP contribution >= 0.6 is 0 Å². The summed E-state index contributed by atoms with van der Waals surface area (Å²) in [5.74, 6) is 0.692. The van der Waals surface area contributed by atoms with Crippen LogP contribution in [-0.4, -0.2) is 24.0 Å². The number of carbonyl (C=O) groups excluding carboxylic acids is 1. The van der Waals surface area contributed by atoms with Gasteiger partial charge in [-0.2, -0.15) is 0 Å². The van der Waals surface area contributed by atoms with Crippen molar-refractivity contribution in [3.8, 4) is 5.75 Å². The van der Waals surface area contributed by atoms with E-state index in [0.717, 1.165) is 23.3 Å². The molecule has 1 amide bonds. The van der Waals surface area contributed by atoms with Gasteiger partial charge in [0.25, 0.3) is 5.91 Å². The van der Waals surface area contributed by atoms with Gasteiger partial charge in [0.2, 0.25) is 0 Å². The minimum atomic E-state index is -0.133. The lowest BCUT2D eigenvalue weighted by molar-refractivity contribution is -0.134. The lowest BCUT2D eigenvalue weighted by Gasteiger charge is -2.31. The smallest absolute Gasteiger partial charge is 0.261 e. The summed E-state index contributed by atoms with van der Waals surface area (Å²) < 4.78 is 5.78. The largest absolute Gasteiger partial charge is 0.484 e. The molecular formula is C25H27NO2. The molecule has 144 valence electrons. The van der Waals surface area contributed by atoms with Gasteiger partial charge in [-0.1, -0.05) is 79.7 Å². The molecule has 3 aromatic carbocycles. The van der Waals surface area contributed by atoms with Crippen LogP contribution in [-0.2, 0) is 11.2 Å². The molecule has 3 heteroatoms. The van der Waals surface area contributed by atoms with Gasteiger partial charge in [-0.05, 0) is 42.2 Å². The molecule has 0 aliphatic carbocycles. The average molecular weight is 373 g/mol. The van der Waals surface area contributed by atoms with Crippen LogP contribution in [0.15, 0.2) is 84.9 Å². The molecule has 3 rings (SSSR count). The summed E-state index contributed by atoms with van der Waals surface area (Å²) in [4.78, 5) is 14.9. The fraction of sp³-hybridized carbons (Fsp3) is 0.240. The highest BCUT2D eigenvalue weighted by Crippen LogP contribution is 2.28. The minimum Gasteiger partial charge on any atom is -0.484 e. The second-order valence-corrected chi connectivity index (χ2v) is 6.69. The van der Waals surface area contributed by atoms with Gasteiger partial charge in [0.1, 0.15) is 5.75 Å². The highest BCUT2D eigenvalue weighted by atomic mass is 16.5. The van der Waals surface area contributed by atoms with Crippen molar-refractivity contribution in [1.29, 1.82) is 0 Å². The van der Waals surface area contributed by atoms with E-state index in [4.69, 9.17) is 4.74 Å². The van der Waals surface area contributed by atoms with Crippen molar-refractivity contribution in [2.45, 2.75) is 26.3 Å². The summed E-state index contributed by atoms with van der Waals surface area (Å²) in [7, 11) is 0. The van der Waals surface area contributed by atoms with Gasteiger partial charge in [-0.25, -0.2) is 0 Å². The third-order valence-corrected chi connectivity index (χ3v) is 4.90. The summed E-state index contributed by atoms with van der Waals surface area (Å²) in [6.07, 6.45) is 0.985. The standard InChI is InChI=1S/C25H27NO2/c1-3-20-15-17-23(18-16-20)28-19-24(27)26(4-2)25(21-11-7-5-8-12-21)22-13-9-6-10-14-22/h5-18,25H,3-4,19H2,1-2H3. The number of hydrogen-bond donors (Lipinski definition) is 0. The Bertz CT molecular complexity index is 821. The van der Waals surface area contributed by atoms with Crippen LogP contribution in [0.4, 0.5) is 0 Å². The molecule has 0 fully saturated rings. The van der Waals surface area contributed by atoms with Crippen LogP contribution in [0, 0.1) is 0 Å². The van der Waals surface area contributed by atoms with Crippen LogP contribution in [0.25, 0.3) is 0 Å². The molecule has 0 saturated carbocycles. The van der Waals surface area contributed by atoms with E-state index < -0.39 is 0 Å². The fourth-order valence-corrected chi connectivity index (χ4v) is 3.38. The van der Waals surface area contributed by atoms with Crippen molar-refractivity contribution in [2.24, 2.45) is 0 Å². The van der Waals surface area contributed by atoms with Crippen LogP contribution in [0.5, 0.6) is 5.75 Å². The van der Waals surface area contributed by atoms with Crippen LogP contribution < -0.4 is 4.74 Å². The highest BCUT2D eigenvalue weighted by Gasteiger charge is 2.25. The average Bonchev–Trinajstić information content (AvgIpc) is 2.77. The Morgan fingerprint density at radius 3 is 1.82 bits per heavy atom. The Hall–Kier alpha value is -3.07. The van der Waals surface area contributed by atoms with Crippen molar-refractivity contribution >= 4 is 5.91 Å². The molecule has 0 N–H and O–H groups in total. The molecule has 3 aromatic rings. The van der Waals surface area contributed by atoms with E-state index in [9.17, 15) is 4.79 Å². The third-order valence-electron chi connectivity index (χ3n) is 4.90. The zero-order valence-corrected chi connectivity index (χ0v) is 16.5. The molecule has 0 heterocycles. The van der Waals surface area contributed by atoms with E-state index in [0.29, 0.717) is 6.54 Å². The van der Waals surface area contributed by atoms with E-state index in [1.165, 1.54) is 5.56 Å². The zero-order valence-electron chi connectivity index (χ0n) is 16.5. The number of aryl methyl sites for hydroxylation is 1. The van der Waals surface area contributed by atoms with Gasteiger partial charge in [-0.15, -0.1) is 0 Å². The van der Waals surface area contributed by atoms with Crippen molar-refractivity contribution in [1.82, 2.24) is 4.90 Å². The quantitative estimate of drug-likeness (QED) is 0.539. The van der Waals surface area contributed by atoms with Crippen molar-refractivity contribution in [3.63, 3.8) is 0 Å². The molecule has 0 aromatic heterocycles. The number of benzene rings is 3. The Kier molecular flexibility index (Phi) is 6.85. The van der Waals surface area contributed by atoms with Crippen LogP contribution in [0.1, 0.15) is 36.6 Å². The van der Waals surface area contributed by atoms with E-state index >= 15 is 0 Å². The normalized spacial score (nSPS) is 10.7. The molecule has 0 aliphatic heterocycles. The maximum atomic E-state index is 13.1. The molecule has 0 aliphatic rings. The van der Waals surface area contributed by atoms with Crippen molar-refractivity contribution in [3.05, 3.63) is 102 Å². The fourth-order valence-electron chi connectivity index (χ4n) is 3.38. The molecule has 0 bridgehead atoms. The first-order chi connectivity index (χ1) is 13.7. The number of likely N-dealkylation sites (N-methyl/N-ethyl adjacent to an activating group) is 1. The molecule has 0 saturated heterocycles. The summed E-state index contributed by atoms with van der Waals surface area (Å²) in [5, 5.41) is 0. The topological polar surface area (TPSA) is 29.5 Å². The number of amides is 1. The molecule has 0 spiro atoms. The van der Waals surface area contributed by atoms with Gasteiger partial charge in [0.15, 0.2) is 6.61 Å². The SMILES string of the molecule is CCc1ccc(OCC(=O)N(CC)C(c2ccccc2)c2ccccc2)cc1. The maximum absolute atomic E-state index is 13.1. The molecule has 0 atom stereocenters. The lowest BCUT2D eigenvalue weighted by atomic mass is 9.97. The highest BCUT2D eigenvalue weighted by molar-refractivity contribution is 5.78. The number of rotatable bonds is 8. The Morgan fingerprint density at radius 1 is 0.821 bits per heavy atom. The molecule has 0 radical (unpaired) electrons. The van der Waals surface area contributed by atoms with Crippen molar-refractivity contribution in [2.75, 3.05) is 13.2 Å². The van der Waals surface area contributed by atoms with E-state index in [1.54, 1.807) is 0 Å². The Labute approximate surface area is 167 Å². The molecule has 3 nitrogen and oxygen atoms in total. The molecule has 28 heavy (non-hydrogen) atoms. The molecular weight excluding hydrogens is 346 g/mol. The summed E-state index contributed by atoms with van der Waals surface area (Å²) in [5.41, 5.74) is 3.44. The summed E-state index contributed by atoms with van der Waals surface area (Å²) in [6, 6.07) is 28.1. The second-order valence-electron chi connectivity index (χ2n) is 6.69. The van der Waals surface area contributed by atoms with E-state index in [-0.39, 0.29) is 18.6 Å². The third kappa shape index (κ3) is 4.80. The van der Waals surface area contributed by atoms with Crippen LogP contribution in [0.2, 0.25) is 0 Å². The van der Waals surface area contributed by atoms with Crippen molar-refractivity contribution < 1.29 is 9.53 Å². The van der Waals surface area contributed by atoms with E-state index in [1.807, 2.05) is 72.5 Å². The first-order valence-electron chi connectivity index (χ1n) is 9.84. The van der Waals surface area contributed by atoms with Gasteiger partial charge < -0.3 is 9.64 Å². The van der Waals surface area contributed by atoms with Gasteiger partial charge in [-0.3, -0.25) is 4.79 Å². The monoisotopic (exact) mass is 373 g/mol. The maximum Gasteiger partial charge on any atom is 0.261 e. The number of hydrogen-bond acceptors (Lipinski definition) is 2.